The molecule has 0 unspecified atom stereocenters. The molecule has 2 heterocycles. The number of carbonyl (C=O) groups is 1. The van der Waals surface area contributed by atoms with Crippen molar-refractivity contribution in [2.75, 3.05) is 46.8 Å². The van der Waals surface area contributed by atoms with Gasteiger partial charge in [-0.3, -0.25) is 4.90 Å². The summed E-state index contributed by atoms with van der Waals surface area (Å²) in [6.45, 7) is 10.0. The Balaban J connectivity index is 1.52. The number of fused-ring (bicyclic) bond motifs is 1. The summed E-state index contributed by atoms with van der Waals surface area (Å²) in [6.07, 6.45) is 0. The fraction of sp³-hybridized carbons (Fsp3) is 0.550. The summed E-state index contributed by atoms with van der Waals surface area (Å²) >= 11 is 1.76. The van der Waals surface area contributed by atoms with Crippen LogP contribution >= 0.6 is 11.3 Å². The van der Waals surface area contributed by atoms with E-state index in [-0.39, 0.29) is 11.6 Å². The van der Waals surface area contributed by atoms with Crippen molar-refractivity contribution in [1.29, 1.82) is 0 Å². The van der Waals surface area contributed by atoms with E-state index in [1.807, 2.05) is 7.05 Å². The third-order valence-electron chi connectivity index (χ3n) is 5.25. The maximum atomic E-state index is 12.5. The zero-order valence-electron chi connectivity index (χ0n) is 16.3. The molecule has 1 aromatic heterocycles. The average Bonchev–Trinajstić information content (AvgIpc) is 3.02. The van der Waals surface area contributed by atoms with E-state index in [2.05, 4.69) is 66.3 Å². The van der Waals surface area contributed by atoms with Gasteiger partial charge in [0, 0.05) is 54.9 Å². The van der Waals surface area contributed by atoms with Crippen LogP contribution in [-0.2, 0) is 6.54 Å². The first kappa shape index (κ1) is 19.1. The fourth-order valence-electron chi connectivity index (χ4n) is 3.37. The van der Waals surface area contributed by atoms with Crippen LogP contribution in [0.3, 0.4) is 0 Å². The number of nitrogens with one attached hydrogen (secondary N) is 1. The van der Waals surface area contributed by atoms with Crippen molar-refractivity contribution in [1.82, 2.24) is 20.0 Å². The lowest BCUT2D eigenvalue weighted by Crippen LogP contribution is -2.58. The van der Waals surface area contributed by atoms with Crippen LogP contribution < -0.4 is 5.32 Å². The highest BCUT2D eigenvalue weighted by atomic mass is 32.1. The molecule has 1 aliphatic rings. The Kier molecular flexibility index (Phi) is 5.85. The van der Waals surface area contributed by atoms with Gasteiger partial charge in [0.25, 0.3) is 0 Å². The van der Waals surface area contributed by atoms with Crippen molar-refractivity contribution in [2.45, 2.75) is 25.9 Å². The molecule has 2 amide bonds. The van der Waals surface area contributed by atoms with E-state index in [1.165, 1.54) is 15.0 Å². The largest absolute Gasteiger partial charge is 0.336 e. The molecule has 1 fully saturated rings. The summed E-state index contributed by atoms with van der Waals surface area (Å²) in [7, 11) is 4.03. The normalized spacial score (nSPS) is 16.8. The number of rotatable bonds is 5. The predicted octanol–water partition coefficient (Wildman–Crippen LogP) is 3.07. The van der Waals surface area contributed by atoms with Crippen LogP contribution in [0.1, 0.15) is 18.7 Å². The number of carbonyl (C=O) groups excluding carboxylic acids is 1. The van der Waals surface area contributed by atoms with Crippen molar-refractivity contribution in [2.24, 2.45) is 0 Å². The maximum absolute atomic E-state index is 12.5. The molecule has 3 rings (SSSR count). The first-order valence-corrected chi connectivity index (χ1v) is 10.1. The van der Waals surface area contributed by atoms with Gasteiger partial charge in [0.05, 0.1) is 6.54 Å². The lowest BCUT2D eigenvalue weighted by Gasteiger charge is -2.43. The number of likely N-dealkylation sites (N-methyl/N-ethyl adjacent to an activating group) is 1. The molecule has 6 heteroatoms. The molecular formula is C20H30N4OS. The number of benzene rings is 1. The van der Waals surface area contributed by atoms with E-state index in [1.54, 1.807) is 16.2 Å². The van der Waals surface area contributed by atoms with E-state index in [0.717, 1.165) is 26.2 Å². The molecule has 142 valence electrons. The maximum Gasteiger partial charge on any atom is 0.317 e. The molecule has 0 spiro atoms. The van der Waals surface area contributed by atoms with Gasteiger partial charge in [0.1, 0.15) is 0 Å². The Labute approximate surface area is 160 Å². The minimum Gasteiger partial charge on any atom is -0.336 e. The van der Waals surface area contributed by atoms with Crippen molar-refractivity contribution in [3.63, 3.8) is 0 Å². The molecule has 26 heavy (non-hydrogen) atoms. The van der Waals surface area contributed by atoms with Crippen molar-refractivity contribution < 1.29 is 4.79 Å². The Morgan fingerprint density at radius 1 is 1.23 bits per heavy atom. The molecule has 2 aromatic rings. The molecule has 5 nitrogen and oxygen atoms in total. The van der Waals surface area contributed by atoms with Gasteiger partial charge in [-0.25, -0.2) is 4.79 Å². The Morgan fingerprint density at radius 2 is 1.92 bits per heavy atom. The average molecular weight is 375 g/mol. The first-order chi connectivity index (χ1) is 12.3. The fourth-order valence-corrected chi connectivity index (χ4v) is 4.49. The highest BCUT2D eigenvalue weighted by Gasteiger charge is 2.29. The Morgan fingerprint density at radius 3 is 2.62 bits per heavy atom. The quantitative estimate of drug-likeness (QED) is 0.874. The number of hydrogen-bond donors (Lipinski definition) is 1. The van der Waals surface area contributed by atoms with E-state index in [9.17, 15) is 4.79 Å². The van der Waals surface area contributed by atoms with Gasteiger partial charge in [-0.1, -0.05) is 18.2 Å². The van der Waals surface area contributed by atoms with Gasteiger partial charge >= 0.3 is 6.03 Å². The van der Waals surface area contributed by atoms with Gasteiger partial charge in [0.2, 0.25) is 0 Å². The summed E-state index contributed by atoms with van der Waals surface area (Å²) in [5, 5.41) is 4.37. The topological polar surface area (TPSA) is 38.8 Å². The van der Waals surface area contributed by atoms with Crippen LogP contribution in [0, 0.1) is 0 Å². The molecule has 1 aromatic carbocycles. The third kappa shape index (κ3) is 4.55. The Hall–Kier alpha value is -1.63. The molecule has 0 bridgehead atoms. The summed E-state index contributed by atoms with van der Waals surface area (Å²) < 4.78 is 1.27. The van der Waals surface area contributed by atoms with Crippen LogP contribution in [0.25, 0.3) is 10.1 Å². The number of hydrogen-bond acceptors (Lipinski definition) is 4. The Bertz CT molecular complexity index is 716. The first-order valence-electron chi connectivity index (χ1n) is 9.25. The molecule has 1 N–H and O–H groups in total. The minimum absolute atomic E-state index is 0.00958. The van der Waals surface area contributed by atoms with Gasteiger partial charge < -0.3 is 15.1 Å². The van der Waals surface area contributed by atoms with Crippen LogP contribution in [0.5, 0.6) is 0 Å². The molecule has 1 saturated heterocycles. The SMILES string of the molecule is CN1CCN(C(C)(C)CNC(=O)N(C)Cc2cc3ccccc3s2)CC1. The summed E-state index contributed by atoms with van der Waals surface area (Å²) in [4.78, 5) is 20.3. The lowest BCUT2D eigenvalue weighted by molar-refractivity contribution is 0.0624. The summed E-state index contributed by atoms with van der Waals surface area (Å²) in [6, 6.07) is 10.5. The zero-order chi connectivity index (χ0) is 18.7. The second kappa shape index (κ2) is 7.94. The van der Waals surface area contributed by atoms with Crippen LogP contribution in [0.2, 0.25) is 0 Å². The summed E-state index contributed by atoms with van der Waals surface area (Å²) in [5.41, 5.74) is -0.0324. The number of urea groups is 1. The van der Waals surface area contributed by atoms with Gasteiger partial charge in [-0.05, 0) is 38.4 Å². The lowest BCUT2D eigenvalue weighted by atomic mass is 10.0. The number of amides is 2. The standard InChI is InChI=1S/C20H30N4OS/c1-20(2,24-11-9-22(3)10-12-24)15-21-19(25)23(4)14-17-13-16-7-5-6-8-18(16)26-17/h5-8,13H,9-12,14-15H2,1-4H3,(H,21,25). The highest BCUT2D eigenvalue weighted by molar-refractivity contribution is 7.19. The minimum atomic E-state index is -0.0324. The van der Waals surface area contributed by atoms with E-state index < -0.39 is 0 Å². The van der Waals surface area contributed by atoms with Gasteiger partial charge in [0.15, 0.2) is 0 Å². The number of thiophene rings is 1. The van der Waals surface area contributed by atoms with E-state index in [0.29, 0.717) is 13.1 Å². The van der Waals surface area contributed by atoms with E-state index in [4.69, 9.17) is 0 Å². The third-order valence-corrected chi connectivity index (χ3v) is 6.35. The molecule has 0 atom stereocenters. The van der Waals surface area contributed by atoms with Crippen LogP contribution in [0.4, 0.5) is 4.79 Å². The van der Waals surface area contributed by atoms with E-state index >= 15 is 0 Å². The van der Waals surface area contributed by atoms with Crippen molar-refractivity contribution in [3.8, 4) is 0 Å². The molecular weight excluding hydrogens is 344 g/mol. The van der Waals surface area contributed by atoms with Gasteiger partial charge in [-0.2, -0.15) is 0 Å². The zero-order valence-corrected chi connectivity index (χ0v) is 17.1. The molecule has 0 saturated carbocycles. The molecule has 0 radical (unpaired) electrons. The smallest absolute Gasteiger partial charge is 0.317 e. The molecule has 1 aliphatic heterocycles. The summed E-state index contributed by atoms with van der Waals surface area (Å²) in [5.74, 6) is 0. The predicted molar refractivity (Wildman–Crippen MR) is 110 cm³/mol. The van der Waals surface area contributed by atoms with Crippen molar-refractivity contribution in [3.05, 3.63) is 35.2 Å². The monoisotopic (exact) mass is 374 g/mol. The molecule has 0 aliphatic carbocycles. The number of piperazine rings is 1. The second-order valence-electron chi connectivity index (χ2n) is 7.87. The van der Waals surface area contributed by atoms with Crippen LogP contribution in [0.15, 0.2) is 30.3 Å². The van der Waals surface area contributed by atoms with Crippen LogP contribution in [-0.4, -0.2) is 73.1 Å². The second-order valence-corrected chi connectivity index (χ2v) is 9.04. The van der Waals surface area contributed by atoms with Gasteiger partial charge in [-0.15, -0.1) is 11.3 Å². The number of nitrogens with zero attached hydrogens (tertiary/aromatic N) is 3. The van der Waals surface area contributed by atoms with Crippen molar-refractivity contribution >= 4 is 27.5 Å². The highest BCUT2D eigenvalue weighted by Crippen LogP contribution is 2.26.